The van der Waals surface area contributed by atoms with Crippen molar-refractivity contribution in [1.82, 2.24) is 10.6 Å². The van der Waals surface area contributed by atoms with Gasteiger partial charge in [-0.05, 0) is 25.6 Å². The summed E-state index contributed by atoms with van der Waals surface area (Å²) in [6, 6.07) is 9.44. The van der Waals surface area contributed by atoms with E-state index in [1.165, 1.54) is 6.07 Å². The van der Waals surface area contributed by atoms with Gasteiger partial charge in [0.2, 0.25) is 0 Å². The Labute approximate surface area is 203 Å². The average Bonchev–Trinajstić information content (AvgIpc) is 2.80. The van der Waals surface area contributed by atoms with Crippen molar-refractivity contribution >= 4 is 35.1 Å². The number of aromatic hydroxyl groups is 1. The van der Waals surface area contributed by atoms with Crippen LogP contribution in [0, 0.1) is 0 Å². The topological polar surface area (TPSA) is 106 Å². The summed E-state index contributed by atoms with van der Waals surface area (Å²) >= 11 is 12.5. The van der Waals surface area contributed by atoms with Crippen molar-refractivity contribution in [3.63, 3.8) is 0 Å². The highest BCUT2D eigenvalue weighted by Gasteiger charge is 2.27. The smallest absolute Gasteiger partial charge is 0.328 e. The molecular weight excluding hydrogens is 471 g/mol. The molecule has 2 aromatic rings. The molecule has 0 spiro atoms. The lowest BCUT2D eigenvalue weighted by molar-refractivity contribution is -0.145. The lowest BCUT2D eigenvalue weighted by atomic mass is 10.1. The highest BCUT2D eigenvalue weighted by atomic mass is 35.5. The minimum atomic E-state index is -0.970. The number of nitrogens with one attached hydrogen (secondary N) is 2. The average molecular weight is 499 g/mol. The predicted molar refractivity (Wildman–Crippen MR) is 126 cm³/mol. The number of likely N-dealkylation sites (N-methyl/N-ethyl adjacent to an activating group) is 1. The lowest BCUT2D eigenvalue weighted by Gasteiger charge is -2.19. The van der Waals surface area contributed by atoms with Gasteiger partial charge >= 0.3 is 5.97 Å². The summed E-state index contributed by atoms with van der Waals surface area (Å²) in [5.41, 5.74) is 0.641. The van der Waals surface area contributed by atoms with E-state index >= 15 is 0 Å². The third-order valence-corrected chi connectivity index (χ3v) is 5.16. The molecule has 0 radical (unpaired) electrons. The molecular formula is C23H28Cl2N2O6. The van der Waals surface area contributed by atoms with Gasteiger partial charge in [-0.25, -0.2) is 4.79 Å². The largest absolute Gasteiger partial charge is 0.505 e. The second-order valence-electron chi connectivity index (χ2n) is 6.93. The van der Waals surface area contributed by atoms with Gasteiger partial charge in [0.25, 0.3) is 5.91 Å². The van der Waals surface area contributed by atoms with Crippen LogP contribution in [0.1, 0.15) is 22.8 Å². The van der Waals surface area contributed by atoms with Gasteiger partial charge in [0, 0.05) is 13.0 Å². The van der Waals surface area contributed by atoms with Crippen LogP contribution in [0.25, 0.3) is 0 Å². The third kappa shape index (κ3) is 8.08. The zero-order chi connectivity index (χ0) is 24.2. The molecule has 8 nitrogen and oxygen atoms in total. The molecule has 33 heavy (non-hydrogen) atoms. The van der Waals surface area contributed by atoms with Crippen molar-refractivity contribution in [1.29, 1.82) is 0 Å². The van der Waals surface area contributed by atoms with Crippen LogP contribution in [-0.2, 0) is 20.7 Å². The van der Waals surface area contributed by atoms with Gasteiger partial charge in [0.05, 0.1) is 30.4 Å². The molecule has 3 N–H and O–H groups in total. The first kappa shape index (κ1) is 26.7. The normalized spacial score (nSPS) is 11.6. The Morgan fingerprint density at radius 1 is 1.12 bits per heavy atom. The van der Waals surface area contributed by atoms with Gasteiger partial charge in [-0.2, -0.15) is 0 Å². The third-order valence-electron chi connectivity index (χ3n) is 4.52. The molecule has 0 saturated heterocycles. The Hall–Kier alpha value is -2.52. The lowest BCUT2D eigenvalue weighted by Crippen LogP contribution is -2.43. The van der Waals surface area contributed by atoms with Crippen molar-refractivity contribution in [2.24, 2.45) is 0 Å². The van der Waals surface area contributed by atoms with Crippen LogP contribution in [0.3, 0.4) is 0 Å². The molecule has 0 unspecified atom stereocenters. The van der Waals surface area contributed by atoms with Gasteiger partial charge in [0.15, 0.2) is 11.5 Å². The van der Waals surface area contributed by atoms with Crippen LogP contribution < -0.4 is 15.4 Å². The molecule has 0 heterocycles. The molecule has 0 aromatic heterocycles. The number of hydrogen-bond donors (Lipinski definition) is 3. The van der Waals surface area contributed by atoms with Crippen molar-refractivity contribution in [2.75, 3.05) is 40.0 Å². The molecule has 10 heteroatoms. The minimum Gasteiger partial charge on any atom is -0.505 e. The summed E-state index contributed by atoms with van der Waals surface area (Å²) in [5.74, 6) is -1.79. The van der Waals surface area contributed by atoms with Crippen molar-refractivity contribution < 1.29 is 28.9 Å². The molecule has 0 saturated carbocycles. The molecule has 0 aliphatic carbocycles. The van der Waals surface area contributed by atoms with Crippen LogP contribution in [0.2, 0.25) is 10.0 Å². The van der Waals surface area contributed by atoms with E-state index in [1.54, 1.807) is 6.92 Å². The number of rotatable bonds is 13. The number of amides is 1. The molecule has 0 fully saturated rings. The zero-order valence-corrected chi connectivity index (χ0v) is 20.0. The van der Waals surface area contributed by atoms with Gasteiger partial charge in [-0.3, -0.25) is 4.79 Å². The SMILES string of the molecule is CCOC(=O)[C@@H](Cc1ccccc1)NC(=O)c1cc(Cl)c(OCCOCCNC)c(Cl)c1O. The Balaban J connectivity index is 2.13. The van der Waals surface area contributed by atoms with Gasteiger partial charge in [0.1, 0.15) is 17.7 Å². The molecule has 0 bridgehead atoms. The van der Waals surface area contributed by atoms with Crippen molar-refractivity contribution in [3.05, 3.63) is 57.6 Å². The van der Waals surface area contributed by atoms with Crippen molar-refractivity contribution in [2.45, 2.75) is 19.4 Å². The van der Waals surface area contributed by atoms with E-state index in [0.717, 1.165) is 5.56 Å². The maximum absolute atomic E-state index is 12.9. The highest BCUT2D eigenvalue weighted by Crippen LogP contribution is 2.42. The zero-order valence-electron chi connectivity index (χ0n) is 18.5. The minimum absolute atomic E-state index is 0.0360. The summed E-state index contributed by atoms with van der Waals surface area (Å²) in [5, 5.41) is 15.9. The monoisotopic (exact) mass is 498 g/mol. The summed E-state index contributed by atoms with van der Waals surface area (Å²) in [7, 11) is 1.82. The standard InChI is InChI=1S/C23H28Cl2N2O6/c1-3-32-23(30)18(13-15-7-5-4-6-8-15)27-22(29)16-14-17(24)21(19(25)20(16)28)33-12-11-31-10-9-26-2/h4-8,14,18,26,28H,3,9-13H2,1-2H3,(H,27,29)/t18-/m1/s1. The Bertz CT molecular complexity index is 927. The quantitative estimate of drug-likeness (QED) is 0.287. The molecule has 0 aliphatic rings. The fourth-order valence-corrected chi connectivity index (χ4v) is 3.46. The fourth-order valence-electron chi connectivity index (χ4n) is 2.90. The van der Waals surface area contributed by atoms with Crippen LogP contribution in [-0.4, -0.2) is 63.0 Å². The highest BCUT2D eigenvalue weighted by molar-refractivity contribution is 6.39. The van der Waals surface area contributed by atoms with E-state index in [1.807, 2.05) is 37.4 Å². The maximum atomic E-state index is 12.9. The van der Waals surface area contributed by atoms with Gasteiger partial charge < -0.3 is 30.0 Å². The van der Waals surface area contributed by atoms with Gasteiger partial charge in [-0.1, -0.05) is 53.5 Å². The van der Waals surface area contributed by atoms with Gasteiger partial charge in [-0.15, -0.1) is 0 Å². The Kier molecular flexibility index (Phi) is 11.3. The van der Waals surface area contributed by atoms with Crippen LogP contribution >= 0.6 is 23.2 Å². The van der Waals surface area contributed by atoms with Crippen LogP contribution in [0.5, 0.6) is 11.5 Å². The number of halogens is 2. The van der Waals surface area contributed by atoms with Crippen LogP contribution in [0.4, 0.5) is 0 Å². The number of carbonyl (C=O) groups excluding carboxylic acids is 2. The number of phenolic OH excluding ortho intramolecular Hbond substituents is 1. The van der Waals surface area contributed by atoms with E-state index in [2.05, 4.69) is 10.6 Å². The Morgan fingerprint density at radius 3 is 2.52 bits per heavy atom. The molecule has 1 amide bonds. The summed E-state index contributed by atoms with van der Waals surface area (Å²) in [6.07, 6.45) is 0.211. The molecule has 180 valence electrons. The van der Waals surface area contributed by atoms with Crippen LogP contribution in [0.15, 0.2) is 36.4 Å². The predicted octanol–water partition coefficient (Wildman–Crippen LogP) is 3.22. The molecule has 2 aromatic carbocycles. The van der Waals surface area contributed by atoms with E-state index < -0.39 is 23.7 Å². The molecule has 2 rings (SSSR count). The first-order valence-corrected chi connectivity index (χ1v) is 11.2. The number of esters is 1. The van der Waals surface area contributed by atoms with E-state index in [0.29, 0.717) is 13.2 Å². The molecule has 0 aliphatic heterocycles. The Morgan fingerprint density at radius 2 is 1.85 bits per heavy atom. The van der Waals surface area contributed by atoms with E-state index in [9.17, 15) is 14.7 Å². The van der Waals surface area contributed by atoms with Crippen molar-refractivity contribution in [3.8, 4) is 11.5 Å². The first-order valence-electron chi connectivity index (χ1n) is 10.5. The number of ether oxygens (including phenoxy) is 3. The first-order chi connectivity index (χ1) is 15.9. The van der Waals surface area contributed by atoms with E-state index in [-0.39, 0.29) is 47.6 Å². The molecule has 1 atom stereocenters. The summed E-state index contributed by atoms with van der Waals surface area (Å²) < 4.78 is 16.0. The fraction of sp³-hybridized carbons (Fsp3) is 0.391. The maximum Gasteiger partial charge on any atom is 0.328 e. The second kappa shape index (κ2) is 13.9. The second-order valence-corrected chi connectivity index (χ2v) is 7.72. The number of benzene rings is 2. The number of carbonyl (C=O) groups is 2. The summed E-state index contributed by atoms with van der Waals surface area (Å²) in [6.45, 7) is 3.48. The number of hydrogen-bond acceptors (Lipinski definition) is 7. The van der Waals surface area contributed by atoms with E-state index in [4.69, 9.17) is 37.4 Å². The number of phenols is 1. The summed E-state index contributed by atoms with van der Waals surface area (Å²) in [4.78, 5) is 25.3.